The lowest BCUT2D eigenvalue weighted by atomic mass is 10.1. The summed E-state index contributed by atoms with van der Waals surface area (Å²) in [5.74, 6) is 0.385. The lowest BCUT2D eigenvalue weighted by Gasteiger charge is -2.03. The molecule has 0 saturated carbocycles. The summed E-state index contributed by atoms with van der Waals surface area (Å²) in [5.41, 5.74) is 2.96. The van der Waals surface area contributed by atoms with E-state index in [0.717, 1.165) is 11.1 Å². The van der Waals surface area contributed by atoms with Crippen LogP contribution in [0.4, 0.5) is 0 Å². The average Bonchev–Trinajstić information content (AvgIpc) is 3.42. The topological polar surface area (TPSA) is 88.2 Å². The number of ketones is 1. The number of aliphatic hydroxyl groups excluding tert-OH is 1. The molecule has 2 N–H and O–H groups in total. The molecule has 2 aromatic heterocycles. The van der Waals surface area contributed by atoms with Gasteiger partial charge in [0.1, 0.15) is 5.69 Å². The first kappa shape index (κ1) is 18.5. The van der Waals surface area contributed by atoms with Gasteiger partial charge in [-0.25, -0.2) is 4.79 Å². The van der Waals surface area contributed by atoms with E-state index in [9.17, 15) is 9.59 Å². The van der Waals surface area contributed by atoms with Crippen molar-refractivity contribution in [2.24, 2.45) is 0 Å². The van der Waals surface area contributed by atoms with Crippen LogP contribution in [0, 0.1) is 0 Å². The number of furan rings is 1. The van der Waals surface area contributed by atoms with Gasteiger partial charge in [-0.1, -0.05) is 42.5 Å². The fourth-order valence-electron chi connectivity index (χ4n) is 2.96. The maximum Gasteiger partial charge on any atom is 0.330 e. The van der Waals surface area contributed by atoms with Crippen molar-refractivity contribution in [2.75, 3.05) is 0 Å². The Kier molecular flexibility index (Phi) is 5.09. The van der Waals surface area contributed by atoms with Crippen LogP contribution in [0.15, 0.2) is 88.4 Å². The molecule has 29 heavy (non-hydrogen) atoms. The molecule has 0 aliphatic heterocycles. The van der Waals surface area contributed by atoms with E-state index in [-0.39, 0.29) is 18.1 Å². The molecule has 0 unspecified atom stereocenters. The van der Waals surface area contributed by atoms with Crippen LogP contribution in [0.1, 0.15) is 21.5 Å². The molecule has 0 spiro atoms. The largest absolute Gasteiger partial charge is 0.463 e. The molecule has 0 radical (unpaired) electrons. The van der Waals surface area contributed by atoms with Crippen molar-refractivity contribution in [2.45, 2.75) is 6.61 Å². The van der Waals surface area contributed by atoms with Crippen LogP contribution in [-0.2, 0) is 6.61 Å². The number of aromatic amines is 1. The van der Waals surface area contributed by atoms with Crippen LogP contribution in [0.3, 0.4) is 0 Å². The Morgan fingerprint density at radius 2 is 1.93 bits per heavy atom. The van der Waals surface area contributed by atoms with Gasteiger partial charge in [0, 0.05) is 11.8 Å². The van der Waals surface area contributed by atoms with Crippen LogP contribution in [-0.4, -0.2) is 20.4 Å². The van der Waals surface area contributed by atoms with E-state index >= 15 is 0 Å². The van der Waals surface area contributed by atoms with Gasteiger partial charge in [-0.2, -0.15) is 0 Å². The minimum Gasteiger partial charge on any atom is -0.463 e. The van der Waals surface area contributed by atoms with Crippen molar-refractivity contribution < 1.29 is 14.3 Å². The monoisotopic (exact) mass is 386 g/mol. The number of imidazole rings is 1. The molecule has 4 rings (SSSR count). The van der Waals surface area contributed by atoms with Crippen molar-refractivity contribution >= 4 is 11.9 Å². The Labute approximate surface area is 166 Å². The summed E-state index contributed by atoms with van der Waals surface area (Å²) < 4.78 is 6.75. The number of rotatable bonds is 6. The number of hydrogen-bond acceptors (Lipinski definition) is 4. The quantitative estimate of drug-likeness (QED) is 0.390. The number of nitrogens with zero attached hydrogens (tertiary/aromatic N) is 1. The van der Waals surface area contributed by atoms with Gasteiger partial charge in [0.2, 0.25) is 0 Å². The standard InChI is InChI=1S/C23H18N2O4/c26-15-17-8-6-16(7-9-17)10-11-21(27)18-3-1-4-19(13-18)25-14-20(24-23(25)28)22-5-2-12-29-22/h1-14,26H,15H2,(H,24,28). The van der Waals surface area contributed by atoms with Gasteiger partial charge >= 0.3 is 5.69 Å². The molecule has 0 fully saturated rings. The van der Waals surface area contributed by atoms with E-state index in [4.69, 9.17) is 9.52 Å². The second-order valence-electron chi connectivity index (χ2n) is 6.47. The fraction of sp³-hybridized carbons (Fsp3) is 0.0435. The SMILES string of the molecule is O=C(C=Cc1ccc(CO)cc1)c1cccc(-n2cc(-c3ccco3)[nH]c2=O)c1. The normalized spacial score (nSPS) is 11.2. The maximum absolute atomic E-state index is 12.6. The Bertz CT molecular complexity index is 1210. The van der Waals surface area contributed by atoms with Crippen molar-refractivity contribution in [3.05, 3.63) is 106 Å². The van der Waals surface area contributed by atoms with Crippen molar-refractivity contribution in [1.29, 1.82) is 0 Å². The Balaban J connectivity index is 1.58. The number of nitrogens with one attached hydrogen (secondary N) is 1. The molecule has 6 nitrogen and oxygen atoms in total. The number of carbonyl (C=O) groups is 1. The molecular weight excluding hydrogens is 368 g/mol. The van der Waals surface area contributed by atoms with Gasteiger partial charge in [0.15, 0.2) is 11.5 Å². The zero-order valence-corrected chi connectivity index (χ0v) is 15.4. The van der Waals surface area contributed by atoms with E-state index < -0.39 is 0 Å². The van der Waals surface area contributed by atoms with E-state index in [2.05, 4.69) is 4.98 Å². The highest BCUT2D eigenvalue weighted by molar-refractivity contribution is 6.07. The number of carbonyl (C=O) groups excluding carboxylic acids is 1. The second kappa shape index (κ2) is 8.00. The van der Waals surface area contributed by atoms with Crippen molar-refractivity contribution in [3.63, 3.8) is 0 Å². The van der Waals surface area contributed by atoms with Gasteiger partial charge in [-0.15, -0.1) is 0 Å². The van der Waals surface area contributed by atoms with Crippen LogP contribution in [0.5, 0.6) is 0 Å². The molecular formula is C23H18N2O4. The summed E-state index contributed by atoms with van der Waals surface area (Å²) in [7, 11) is 0. The summed E-state index contributed by atoms with van der Waals surface area (Å²) in [6.07, 6.45) is 6.38. The van der Waals surface area contributed by atoms with E-state index in [1.165, 1.54) is 16.9 Å². The predicted octanol–water partition coefficient (Wildman–Crippen LogP) is 3.81. The Morgan fingerprint density at radius 3 is 2.66 bits per heavy atom. The molecule has 0 atom stereocenters. The first-order chi connectivity index (χ1) is 14.1. The van der Waals surface area contributed by atoms with Crippen LogP contribution in [0.25, 0.3) is 23.2 Å². The first-order valence-corrected chi connectivity index (χ1v) is 9.02. The summed E-state index contributed by atoms with van der Waals surface area (Å²) >= 11 is 0. The third-order valence-electron chi connectivity index (χ3n) is 4.50. The lowest BCUT2D eigenvalue weighted by molar-refractivity contribution is 0.104. The summed E-state index contributed by atoms with van der Waals surface area (Å²) in [6.45, 7) is -0.0180. The third-order valence-corrected chi connectivity index (χ3v) is 4.50. The minimum atomic E-state index is -0.319. The number of allylic oxidation sites excluding steroid dienone is 1. The van der Waals surface area contributed by atoms with Gasteiger partial charge in [0.25, 0.3) is 0 Å². The van der Waals surface area contributed by atoms with Crippen LogP contribution < -0.4 is 5.69 Å². The zero-order valence-electron chi connectivity index (χ0n) is 15.4. The van der Waals surface area contributed by atoms with Crippen molar-refractivity contribution in [1.82, 2.24) is 9.55 Å². The van der Waals surface area contributed by atoms with Gasteiger partial charge in [-0.05, 0) is 41.5 Å². The number of aliphatic hydroxyl groups is 1. The molecule has 0 amide bonds. The smallest absolute Gasteiger partial charge is 0.330 e. The molecule has 6 heteroatoms. The summed E-state index contributed by atoms with van der Waals surface area (Å²) in [4.78, 5) is 27.6. The zero-order chi connectivity index (χ0) is 20.2. The van der Waals surface area contributed by atoms with E-state index in [1.807, 2.05) is 12.1 Å². The fourth-order valence-corrected chi connectivity index (χ4v) is 2.96. The molecule has 0 aliphatic carbocycles. The van der Waals surface area contributed by atoms with E-state index in [0.29, 0.717) is 22.7 Å². The predicted molar refractivity (Wildman–Crippen MR) is 110 cm³/mol. The maximum atomic E-state index is 12.6. The molecule has 0 saturated heterocycles. The molecule has 144 valence electrons. The Morgan fingerprint density at radius 1 is 1.10 bits per heavy atom. The number of H-pyrrole nitrogens is 1. The highest BCUT2D eigenvalue weighted by Crippen LogP contribution is 2.18. The summed E-state index contributed by atoms with van der Waals surface area (Å²) in [6, 6.07) is 17.6. The lowest BCUT2D eigenvalue weighted by Crippen LogP contribution is -2.14. The molecule has 2 heterocycles. The highest BCUT2D eigenvalue weighted by atomic mass is 16.3. The van der Waals surface area contributed by atoms with Crippen molar-refractivity contribution in [3.8, 4) is 17.1 Å². The number of hydrogen-bond donors (Lipinski definition) is 2. The second-order valence-corrected chi connectivity index (χ2v) is 6.47. The Hall–Kier alpha value is -3.90. The van der Waals surface area contributed by atoms with Gasteiger partial charge in [0.05, 0.1) is 18.6 Å². The first-order valence-electron chi connectivity index (χ1n) is 9.02. The molecule has 4 aromatic rings. The number of benzene rings is 2. The third kappa shape index (κ3) is 4.02. The minimum absolute atomic E-state index is 0.0180. The van der Waals surface area contributed by atoms with Crippen LogP contribution in [0.2, 0.25) is 0 Å². The van der Waals surface area contributed by atoms with Gasteiger partial charge in [-0.3, -0.25) is 9.36 Å². The van der Waals surface area contributed by atoms with Crippen LogP contribution >= 0.6 is 0 Å². The van der Waals surface area contributed by atoms with Gasteiger partial charge < -0.3 is 14.5 Å². The van der Waals surface area contributed by atoms with E-state index in [1.54, 1.807) is 60.8 Å². The molecule has 0 aliphatic rings. The number of aromatic nitrogens is 2. The average molecular weight is 386 g/mol. The molecule has 0 bridgehead atoms. The highest BCUT2D eigenvalue weighted by Gasteiger charge is 2.10. The summed E-state index contributed by atoms with van der Waals surface area (Å²) in [5, 5.41) is 9.09. The molecule has 2 aromatic carbocycles.